The van der Waals surface area contributed by atoms with Gasteiger partial charge in [0.2, 0.25) is 0 Å². The topological polar surface area (TPSA) is 71.5 Å². The molecule has 88 valence electrons. The van der Waals surface area contributed by atoms with E-state index in [1.807, 2.05) is 0 Å². The third-order valence-electron chi connectivity index (χ3n) is 2.75. The Balaban J connectivity index is 1.96. The highest BCUT2D eigenvalue weighted by molar-refractivity contribution is 7.15. The van der Waals surface area contributed by atoms with Crippen molar-refractivity contribution in [3.63, 3.8) is 0 Å². The summed E-state index contributed by atoms with van der Waals surface area (Å²) in [6.45, 7) is 1.77. The summed E-state index contributed by atoms with van der Waals surface area (Å²) in [5, 5.41) is 12.8. The van der Waals surface area contributed by atoms with E-state index < -0.39 is 5.97 Å². The number of carbonyl (C=O) groups is 1. The van der Waals surface area contributed by atoms with Gasteiger partial charge in [-0.3, -0.25) is 0 Å². The molecule has 1 aromatic rings. The van der Waals surface area contributed by atoms with Crippen molar-refractivity contribution >= 4 is 22.4 Å². The molecule has 1 fully saturated rings. The minimum Gasteiger partial charge on any atom is -0.476 e. The molecule has 1 aromatic heterocycles. The van der Waals surface area contributed by atoms with Crippen LogP contribution in [-0.4, -0.2) is 35.3 Å². The Kier molecular flexibility index (Phi) is 3.11. The van der Waals surface area contributed by atoms with Crippen LogP contribution in [0.25, 0.3) is 0 Å². The Bertz CT molecular complexity index is 399. The molecule has 2 N–H and O–H groups in total. The van der Waals surface area contributed by atoms with Crippen molar-refractivity contribution < 1.29 is 14.6 Å². The standard InChI is InChI=1S/C10H14N2O3S/c1-5-8(9(13)14)12-10(16-5)11-6-3-7(4-6)15-2/h6-7H,3-4H2,1-2H3,(H,11,12)(H,13,14). The zero-order valence-corrected chi connectivity index (χ0v) is 10.0. The molecule has 1 saturated carbocycles. The van der Waals surface area contributed by atoms with Gasteiger partial charge < -0.3 is 15.2 Å². The van der Waals surface area contributed by atoms with Gasteiger partial charge in [-0.15, -0.1) is 11.3 Å². The maximum atomic E-state index is 10.8. The number of aromatic nitrogens is 1. The maximum Gasteiger partial charge on any atom is 0.355 e. The van der Waals surface area contributed by atoms with Crippen LogP contribution in [0, 0.1) is 6.92 Å². The number of methoxy groups -OCH3 is 1. The Morgan fingerprint density at radius 2 is 2.31 bits per heavy atom. The number of carboxylic acids is 1. The zero-order valence-electron chi connectivity index (χ0n) is 9.19. The van der Waals surface area contributed by atoms with Crippen molar-refractivity contribution in [2.24, 2.45) is 0 Å². The molecule has 16 heavy (non-hydrogen) atoms. The van der Waals surface area contributed by atoms with E-state index in [-0.39, 0.29) is 5.69 Å². The minimum atomic E-state index is -0.967. The maximum absolute atomic E-state index is 10.8. The minimum absolute atomic E-state index is 0.148. The van der Waals surface area contributed by atoms with E-state index >= 15 is 0 Å². The number of hydrogen-bond acceptors (Lipinski definition) is 5. The number of anilines is 1. The van der Waals surface area contributed by atoms with E-state index in [2.05, 4.69) is 10.3 Å². The van der Waals surface area contributed by atoms with Crippen LogP contribution >= 0.6 is 11.3 Å². The van der Waals surface area contributed by atoms with E-state index in [4.69, 9.17) is 9.84 Å². The predicted molar refractivity (Wildman–Crippen MR) is 61.3 cm³/mol. The second-order valence-electron chi connectivity index (χ2n) is 3.90. The lowest BCUT2D eigenvalue weighted by Gasteiger charge is -2.34. The molecule has 0 radical (unpaired) electrons. The van der Waals surface area contributed by atoms with Crippen LogP contribution in [0.15, 0.2) is 0 Å². The fourth-order valence-electron chi connectivity index (χ4n) is 1.71. The van der Waals surface area contributed by atoms with Crippen LogP contribution in [0.3, 0.4) is 0 Å². The molecule has 0 saturated heterocycles. The zero-order chi connectivity index (χ0) is 11.7. The van der Waals surface area contributed by atoms with Gasteiger partial charge >= 0.3 is 5.97 Å². The first-order valence-corrected chi connectivity index (χ1v) is 5.92. The number of ether oxygens (including phenoxy) is 1. The average Bonchev–Trinajstić information content (AvgIpc) is 2.52. The number of carboxylic acid groups (broad SMARTS) is 1. The van der Waals surface area contributed by atoms with Crippen LogP contribution in [0.5, 0.6) is 0 Å². The molecule has 0 aliphatic heterocycles. The van der Waals surface area contributed by atoms with Gasteiger partial charge in [-0.2, -0.15) is 0 Å². The van der Waals surface area contributed by atoms with Crippen LogP contribution in [0.2, 0.25) is 0 Å². The summed E-state index contributed by atoms with van der Waals surface area (Å²) >= 11 is 1.39. The number of thiazole rings is 1. The normalized spacial score (nSPS) is 23.9. The number of aryl methyl sites for hydroxylation is 1. The third kappa shape index (κ3) is 2.17. The molecule has 1 heterocycles. The SMILES string of the molecule is COC1CC(Nc2nc(C(=O)O)c(C)s2)C1. The number of nitrogens with zero attached hydrogens (tertiary/aromatic N) is 1. The molecular weight excluding hydrogens is 228 g/mol. The van der Waals surface area contributed by atoms with E-state index in [1.165, 1.54) is 11.3 Å². The summed E-state index contributed by atoms with van der Waals surface area (Å²) < 4.78 is 5.17. The van der Waals surface area contributed by atoms with Gasteiger partial charge in [-0.1, -0.05) is 0 Å². The lowest BCUT2D eigenvalue weighted by molar-refractivity contribution is 0.0328. The van der Waals surface area contributed by atoms with E-state index in [9.17, 15) is 4.79 Å². The van der Waals surface area contributed by atoms with Gasteiger partial charge in [0, 0.05) is 18.0 Å². The quantitative estimate of drug-likeness (QED) is 0.841. The summed E-state index contributed by atoms with van der Waals surface area (Å²) in [4.78, 5) is 15.6. The van der Waals surface area contributed by atoms with Crippen molar-refractivity contribution in [1.82, 2.24) is 4.98 Å². The van der Waals surface area contributed by atoms with Crippen molar-refractivity contribution in [3.05, 3.63) is 10.6 Å². The molecule has 0 atom stereocenters. The average molecular weight is 242 g/mol. The monoisotopic (exact) mass is 242 g/mol. The summed E-state index contributed by atoms with van der Waals surface area (Å²) in [7, 11) is 1.71. The second kappa shape index (κ2) is 4.39. The first-order valence-electron chi connectivity index (χ1n) is 5.10. The van der Waals surface area contributed by atoms with Gasteiger partial charge in [0.05, 0.1) is 6.10 Å². The van der Waals surface area contributed by atoms with Gasteiger partial charge in [0.1, 0.15) is 0 Å². The smallest absolute Gasteiger partial charge is 0.355 e. The fourth-order valence-corrected chi connectivity index (χ4v) is 2.59. The first-order chi connectivity index (χ1) is 7.60. The number of hydrogen-bond donors (Lipinski definition) is 2. The lowest BCUT2D eigenvalue weighted by Crippen LogP contribution is -2.40. The molecular formula is C10H14N2O3S. The Morgan fingerprint density at radius 1 is 1.62 bits per heavy atom. The summed E-state index contributed by atoms with van der Waals surface area (Å²) in [5.74, 6) is -0.967. The Labute approximate surface area is 97.5 Å². The van der Waals surface area contributed by atoms with Crippen molar-refractivity contribution in [2.45, 2.75) is 31.9 Å². The summed E-state index contributed by atoms with van der Waals surface area (Å²) in [5.41, 5.74) is 0.148. The summed E-state index contributed by atoms with van der Waals surface area (Å²) in [6, 6.07) is 0.358. The van der Waals surface area contributed by atoms with Crippen molar-refractivity contribution in [3.8, 4) is 0 Å². The fraction of sp³-hybridized carbons (Fsp3) is 0.600. The number of nitrogens with one attached hydrogen (secondary N) is 1. The second-order valence-corrected chi connectivity index (χ2v) is 5.10. The molecule has 0 bridgehead atoms. The van der Waals surface area contributed by atoms with Crippen LogP contribution in [0.4, 0.5) is 5.13 Å². The summed E-state index contributed by atoms with van der Waals surface area (Å²) in [6.07, 6.45) is 2.24. The van der Waals surface area contributed by atoms with E-state index in [0.29, 0.717) is 17.3 Å². The largest absolute Gasteiger partial charge is 0.476 e. The van der Waals surface area contributed by atoms with Crippen LogP contribution in [0.1, 0.15) is 28.2 Å². The van der Waals surface area contributed by atoms with Crippen molar-refractivity contribution in [1.29, 1.82) is 0 Å². The van der Waals surface area contributed by atoms with Gasteiger partial charge in [0.15, 0.2) is 10.8 Å². The van der Waals surface area contributed by atoms with E-state index in [0.717, 1.165) is 17.7 Å². The number of aromatic carboxylic acids is 1. The van der Waals surface area contributed by atoms with Crippen molar-refractivity contribution in [2.75, 3.05) is 12.4 Å². The number of rotatable bonds is 4. The predicted octanol–water partition coefficient (Wildman–Crippen LogP) is 1.74. The lowest BCUT2D eigenvalue weighted by atomic mass is 9.89. The molecule has 1 aliphatic rings. The molecule has 6 heteroatoms. The first kappa shape index (κ1) is 11.3. The van der Waals surface area contributed by atoms with Crippen LogP contribution < -0.4 is 5.32 Å². The Morgan fingerprint density at radius 3 is 2.81 bits per heavy atom. The van der Waals surface area contributed by atoms with Gasteiger partial charge in [-0.05, 0) is 19.8 Å². The van der Waals surface area contributed by atoms with E-state index in [1.54, 1.807) is 14.0 Å². The van der Waals surface area contributed by atoms with Crippen LogP contribution in [-0.2, 0) is 4.74 Å². The van der Waals surface area contributed by atoms with Gasteiger partial charge in [-0.25, -0.2) is 9.78 Å². The molecule has 5 nitrogen and oxygen atoms in total. The third-order valence-corrected chi connectivity index (χ3v) is 3.66. The highest BCUT2D eigenvalue weighted by atomic mass is 32.1. The van der Waals surface area contributed by atoms with Gasteiger partial charge in [0.25, 0.3) is 0 Å². The molecule has 0 unspecified atom stereocenters. The molecule has 0 spiro atoms. The molecule has 0 amide bonds. The molecule has 0 aromatic carbocycles. The highest BCUT2D eigenvalue weighted by Crippen LogP contribution is 2.29. The molecule has 1 aliphatic carbocycles. The Hall–Kier alpha value is -1.14. The molecule has 2 rings (SSSR count). The highest BCUT2D eigenvalue weighted by Gasteiger charge is 2.29.